The Kier molecular flexibility index (Phi) is 8.90. The zero-order valence-corrected chi connectivity index (χ0v) is 16.2. The SMILES string of the molecule is CCN(CCNC(=NC)NCC(=O)N(C)CC(F)(F)F)c1cccc(C)c1. The molecule has 1 aromatic rings. The quantitative estimate of drug-likeness (QED) is 0.529. The van der Waals surface area contributed by atoms with Crippen molar-refractivity contribution in [2.24, 2.45) is 4.99 Å². The van der Waals surface area contributed by atoms with Gasteiger partial charge in [-0.3, -0.25) is 9.79 Å². The molecule has 0 aliphatic rings. The lowest BCUT2D eigenvalue weighted by atomic mass is 10.2. The van der Waals surface area contributed by atoms with Gasteiger partial charge in [-0.25, -0.2) is 0 Å². The molecule has 9 heteroatoms. The van der Waals surface area contributed by atoms with Gasteiger partial charge in [-0.15, -0.1) is 0 Å². The molecule has 1 amide bonds. The number of aliphatic imine (C=N–C) groups is 1. The fourth-order valence-electron chi connectivity index (χ4n) is 2.48. The molecule has 0 aliphatic carbocycles. The third kappa shape index (κ3) is 8.65. The van der Waals surface area contributed by atoms with E-state index in [1.165, 1.54) is 12.6 Å². The van der Waals surface area contributed by atoms with Crippen LogP contribution in [0.2, 0.25) is 0 Å². The van der Waals surface area contributed by atoms with Gasteiger partial charge in [0.1, 0.15) is 6.54 Å². The Hall–Kier alpha value is -2.45. The number of carbonyl (C=O) groups is 1. The number of nitrogens with one attached hydrogen (secondary N) is 2. The van der Waals surface area contributed by atoms with E-state index < -0.39 is 18.6 Å². The number of likely N-dealkylation sites (N-methyl/N-ethyl adjacent to an activating group) is 2. The van der Waals surface area contributed by atoms with Crippen molar-refractivity contribution in [1.29, 1.82) is 0 Å². The predicted molar refractivity (Wildman–Crippen MR) is 102 cm³/mol. The number of hydrogen-bond acceptors (Lipinski definition) is 3. The molecule has 0 heterocycles. The molecule has 6 nitrogen and oxygen atoms in total. The fraction of sp³-hybridized carbons (Fsp3) is 0.556. The van der Waals surface area contributed by atoms with E-state index in [-0.39, 0.29) is 6.54 Å². The number of nitrogens with zero attached hydrogens (tertiary/aromatic N) is 3. The highest BCUT2D eigenvalue weighted by Crippen LogP contribution is 2.16. The summed E-state index contributed by atoms with van der Waals surface area (Å²) in [5, 5.41) is 5.80. The average Bonchev–Trinajstić information content (AvgIpc) is 2.59. The van der Waals surface area contributed by atoms with Crippen LogP contribution in [0.3, 0.4) is 0 Å². The largest absolute Gasteiger partial charge is 0.406 e. The van der Waals surface area contributed by atoms with Crippen molar-refractivity contribution in [3.8, 4) is 0 Å². The van der Waals surface area contributed by atoms with Gasteiger partial charge < -0.3 is 20.4 Å². The van der Waals surface area contributed by atoms with Crippen LogP contribution in [-0.4, -0.2) is 69.8 Å². The van der Waals surface area contributed by atoms with E-state index in [0.717, 1.165) is 19.3 Å². The van der Waals surface area contributed by atoms with Gasteiger partial charge in [-0.1, -0.05) is 12.1 Å². The number of alkyl halides is 3. The maximum Gasteiger partial charge on any atom is 0.406 e. The van der Waals surface area contributed by atoms with Crippen molar-refractivity contribution >= 4 is 17.6 Å². The van der Waals surface area contributed by atoms with Crippen molar-refractivity contribution in [3.63, 3.8) is 0 Å². The van der Waals surface area contributed by atoms with Crippen molar-refractivity contribution < 1.29 is 18.0 Å². The van der Waals surface area contributed by atoms with Crippen LogP contribution >= 0.6 is 0 Å². The summed E-state index contributed by atoms with van der Waals surface area (Å²) in [6.07, 6.45) is -4.41. The number of anilines is 1. The van der Waals surface area contributed by atoms with Crippen LogP contribution in [0.5, 0.6) is 0 Å². The van der Waals surface area contributed by atoms with Crippen LogP contribution in [0.25, 0.3) is 0 Å². The Morgan fingerprint density at radius 2 is 1.96 bits per heavy atom. The monoisotopic (exact) mass is 387 g/mol. The molecular formula is C18H28F3N5O. The van der Waals surface area contributed by atoms with Crippen molar-refractivity contribution in [1.82, 2.24) is 15.5 Å². The van der Waals surface area contributed by atoms with Gasteiger partial charge in [-0.05, 0) is 31.5 Å². The number of rotatable bonds is 8. The highest BCUT2D eigenvalue weighted by atomic mass is 19.4. The van der Waals surface area contributed by atoms with Gasteiger partial charge in [0.15, 0.2) is 5.96 Å². The summed E-state index contributed by atoms with van der Waals surface area (Å²) in [6.45, 7) is 4.66. The van der Waals surface area contributed by atoms with E-state index in [1.54, 1.807) is 0 Å². The molecule has 152 valence electrons. The Labute approximate surface area is 158 Å². The first-order valence-electron chi connectivity index (χ1n) is 8.73. The molecule has 0 aromatic heterocycles. The molecule has 0 unspecified atom stereocenters. The van der Waals surface area contributed by atoms with Gasteiger partial charge in [0, 0.05) is 39.4 Å². The Morgan fingerprint density at radius 1 is 1.26 bits per heavy atom. The molecule has 1 aromatic carbocycles. The number of aryl methyl sites for hydroxylation is 1. The second-order valence-corrected chi connectivity index (χ2v) is 6.14. The van der Waals surface area contributed by atoms with E-state index in [4.69, 9.17) is 0 Å². The van der Waals surface area contributed by atoms with Crippen LogP contribution in [0.15, 0.2) is 29.3 Å². The van der Waals surface area contributed by atoms with Crippen LogP contribution in [0, 0.1) is 6.92 Å². The molecule has 0 saturated heterocycles. The number of carbonyl (C=O) groups excluding carboxylic acids is 1. The first-order valence-corrected chi connectivity index (χ1v) is 8.73. The van der Waals surface area contributed by atoms with E-state index in [1.807, 2.05) is 25.1 Å². The summed E-state index contributed by atoms with van der Waals surface area (Å²) >= 11 is 0. The Balaban J connectivity index is 2.44. The van der Waals surface area contributed by atoms with E-state index in [2.05, 4.69) is 33.5 Å². The molecule has 0 radical (unpaired) electrons. The maximum absolute atomic E-state index is 12.3. The topological polar surface area (TPSA) is 60.0 Å². The molecule has 0 spiro atoms. The lowest BCUT2D eigenvalue weighted by Gasteiger charge is -2.24. The number of amides is 1. The maximum atomic E-state index is 12.3. The molecule has 0 atom stereocenters. The highest BCUT2D eigenvalue weighted by molar-refractivity contribution is 5.86. The normalized spacial score (nSPS) is 11.9. The van der Waals surface area contributed by atoms with Crippen LogP contribution in [0.4, 0.5) is 18.9 Å². The van der Waals surface area contributed by atoms with E-state index >= 15 is 0 Å². The highest BCUT2D eigenvalue weighted by Gasteiger charge is 2.31. The van der Waals surface area contributed by atoms with Crippen LogP contribution in [-0.2, 0) is 4.79 Å². The van der Waals surface area contributed by atoms with Gasteiger partial charge in [0.25, 0.3) is 0 Å². The average molecular weight is 387 g/mol. The van der Waals surface area contributed by atoms with Gasteiger partial charge in [-0.2, -0.15) is 13.2 Å². The van der Waals surface area contributed by atoms with Crippen molar-refractivity contribution in [3.05, 3.63) is 29.8 Å². The first kappa shape index (κ1) is 22.6. The van der Waals surface area contributed by atoms with Gasteiger partial charge in [0.2, 0.25) is 5.91 Å². The van der Waals surface area contributed by atoms with Gasteiger partial charge >= 0.3 is 6.18 Å². The lowest BCUT2D eigenvalue weighted by Crippen LogP contribution is -2.47. The number of benzene rings is 1. The molecule has 0 aliphatic heterocycles. The minimum atomic E-state index is -4.41. The molecular weight excluding hydrogens is 359 g/mol. The summed E-state index contributed by atoms with van der Waals surface area (Å²) in [7, 11) is 2.66. The third-order valence-corrected chi connectivity index (χ3v) is 3.90. The summed E-state index contributed by atoms with van der Waals surface area (Å²) in [6, 6.07) is 8.18. The van der Waals surface area contributed by atoms with E-state index in [9.17, 15) is 18.0 Å². The van der Waals surface area contributed by atoms with Gasteiger partial charge in [0.05, 0.1) is 6.54 Å². The molecule has 2 N–H and O–H groups in total. The second kappa shape index (κ2) is 10.6. The zero-order valence-electron chi connectivity index (χ0n) is 16.2. The summed E-state index contributed by atoms with van der Waals surface area (Å²) in [5.74, 6) is -0.297. The molecule has 0 saturated carbocycles. The molecule has 0 fully saturated rings. The number of guanidine groups is 1. The van der Waals surface area contributed by atoms with Crippen molar-refractivity contribution in [2.45, 2.75) is 20.0 Å². The second-order valence-electron chi connectivity index (χ2n) is 6.14. The standard InChI is InChI=1S/C18H28F3N5O/c1-5-26(15-8-6-7-14(2)11-15)10-9-23-17(22-3)24-12-16(27)25(4)13-18(19,20)21/h6-8,11H,5,9-10,12-13H2,1-4H3,(H2,22,23,24). The fourth-order valence-corrected chi connectivity index (χ4v) is 2.48. The lowest BCUT2D eigenvalue weighted by molar-refractivity contribution is -0.157. The molecule has 27 heavy (non-hydrogen) atoms. The first-order chi connectivity index (χ1) is 12.7. The minimum Gasteiger partial charge on any atom is -0.370 e. The van der Waals surface area contributed by atoms with E-state index in [0.29, 0.717) is 23.9 Å². The Morgan fingerprint density at radius 3 is 2.52 bits per heavy atom. The summed E-state index contributed by atoms with van der Waals surface area (Å²) in [5.41, 5.74) is 2.30. The minimum absolute atomic E-state index is 0.262. The van der Waals surface area contributed by atoms with Crippen LogP contribution in [0.1, 0.15) is 12.5 Å². The van der Waals surface area contributed by atoms with Crippen LogP contribution < -0.4 is 15.5 Å². The van der Waals surface area contributed by atoms with Crippen molar-refractivity contribution in [2.75, 3.05) is 51.7 Å². The zero-order chi connectivity index (χ0) is 20.4. The molecule has 0 bridgehead atoms. The molecule has 1 rings (SSSR count). The summed E-state index contributed by atoms with van der Waals surface area (Å²) in [4.78, 5) is 18.6. The number of hydrogen-bond donors (Lipinski definition) is 2. The summed E-state index contributed by atoms with van der Waals surface area (Å²) < 4.78 is 37.0. The predicted octanol–water partition coefficient (Wildman–Crippen LogP) is 2.01. The smallest absolute Gasteiger partial charge is 0.370 e. The number of halogens is 3. The third-order valence-electron chi connectivity index (χ3n) is 3.90. The Bertz CT molecular complexity index is 634.